The number of rotatable bonds is 1. The summed E-state index contributed by atoms with van der Waals surface area (Å²) in [5.74, 6) is -0.166. The van der Waals surface area contributed by atoms with E-state index < -0.39 is 12.3 Å². The van der Waals surface area contributed by atoms with Crippen molar-refractivity contribution in [3.05, 3.63) is 0 Å². The predicted molar refractivity (Wildman–Crippen MR) is 41.7 cm³/mol. The van der Waals surface area contributed by atoms with Crippen LogP contribution in [-0.2, 0) is 0 Å². The number of carboxylic acid groups (broad SMARTS) is 1. The maximum absolute atomic E-state index is 13.1. The molecule has 4 nitrogen and oxygen atoms in total. The monoisotopic (exact) mass is 176 g/mol. The molecule has 1 saturated heterocycles. The highest BCUT2D eigenvalue weighted by Gasteiger charge is 2.30. The molecule has 5 heteroatoms. The Morgan fingerprint density at radius 2 is 2.42 bits per heavy atom. The van der Waals surface area contributed by atoms with E-state index in [1.165, 1.54) is 0 Å². The normalized spacial score (nSPS) is 30.3. The average Bonchev–Trinajstić information content (AvgIpc) is 2.04. The van der Waals surface area contributed by atoms with Gasteiger partial charge in [0.25, 0.3) is 0 Å². The van der Waals surface area contributed by atoms with Crippen molar-refractivity contribution < 1.29 is 14.3 Å². The minimum atomic E-state index is -1.10. The van der Waals surface area contributed by atoms with Crippen molar-refractivity contribution in [2.75, 3.05) is 19.6 Å². The number of likely N-dealkylation sites (tertiary alicyclic amines) is 1. The minimum Gasteiger partial charge on any atom is -0.465 e. The Morgan fingerprint density at radius 1 is 1.75 bits per heavy atom. The SMILES string of the molecule is NC[C@H]1CCN(C(=O)O)C[C@@H]1F. The van der Waals surface area contributed by atoms with Crippen LogP contribution in [0.3, 0.4) is 0 Å². The molecule has 3 N–H and O–H groups in total. The van der Waals surface area contributed by atoms with Crippen LogP contribution < -0.4 is 5.73 Å². The first-order valence-corrected chi connectivity index (χ1v) is 3.97. The summed E-state index contributed by atoms with van der Waals surface area (Å²) in [5, 5.41) is 8.54. The average molecular weight is 176 g/mol. The number of amides is 1. The van der Waals surface area contributed by atoms with Gasteiger partial charge in [-0.05, 0) is 13.0 Å². The van der Waals surface area contributed by atoms with Crippen LogP contribution in [0.1, 0.15) is 6.42 Å². The maximum Gasteiger partial charge on any atom is 0.407 e. The third-order valence-electron chi connectivity index (χ3n) is 2.25. The van der Waals surface area contributed by atoms with Gasteiger partial charge in [0.15, 0.2) is 0 Å². The van der Waals surface area contributed by atoms with Crippen molar-refractivity contribution in [1.82, 2.24) is 4.90 Å². The van der Waals surface area contributed by atoms with Crippen molar-refractivity contribution in [3.63, 3.8) is 0 Å². The van der Waals surface area contributed by atoms with Crippen LogP contribution in [0.2, 0.25) is 0 Å². The van der Waals surface area contributed by atoms with Crippen LogP contribution >= 0.6 is 0 Å². The summed E-state index contributed by atoms with van der Waals surface area (Å²) in [4.78, 5) is 11.5. The lowest BCUT2D eigenvalue weighted by molar-refractivity contribution is 0.0786. The van der Waals surface area contributed by atoms with Gasteiger partial charge >= 0.3 is 6.09 Å². The molecule has 0 aromatic carbocycles. The lowest BCUT2D eigenvalue weighted by Crippen LogP contribution is -2.46. The molecule has 0 saturated carbocycles. The summed E-state index contributed by atoms with van der Waals surface area (Å²) in [6.07, 6.45) is -1.61. The summed E-state index contributed by atoms with van der Waals surface area (Å²) in [7, 11) is 0. The molecule has 0 bridgehead atoms. The third-order valence-corrected chi connectivity index (χ3v) is 2.25. The standard InChI is InChI=1S/C7H13FN2O2/c8-6-4-10(7(11)12)2-1-5(6)3-9/h5-6H,1-4,9H2,(H,11,12)/t5-,6+/m1/s1. The van der Waals surface area contributed by atoms with Crippen LogP contribution in [0.4, 0.5) is 9.18 Å². The van der Waals surface area contributed by atoms with Gasteiger partial charge < -0.3 is 15.7 Å². The number of nitrogens with zero attached hydrogens (tertiary/aromatic N) is 1. The Balaban J connectivity index is 2.46. The molecule has 0 unspecified atom stereocenters. The number of nitrogens with two attached hydrogens (primary N) is 1. The molecule has 0 aliphatic carbocycles. The molecule has 2 atom stereocenters. The zero-order valence-corrected chi connectivity index (χ0v) is 6.74. The van der Waals surface area contributed by atoms with Gasteiger partial charge in [-0.25, -0.2) is 9.18 Å². The van der Waals surface area contributed by atoms with Crippen molar-refractivity contribution >= 4 is 6.09 Å². The first-order chi connectivity index (χ1) is 5.65. The summed E-state index contributed by atoms with van der Waals surface area (Å²) >= 11 is 0. The summed E-state index contributed by atoms with van der Waals surface area (Å²) in [6, 6.07) is 0. The lowest BCUT2D eigenvalue weighted by atomic mass is 9.95. The summed E-state index contributed by atoms with van der Waals surface area (Å²) in [6.45, 7) is 0.670. The fourth-order valence-electron chi connectivity index (χ4n) is 1.39. The van der Waals surface area contributed by atoms with E-state index in [4.69, 9.17) is 10.8 Å². The van der Waals surface area contributed by atoms with Crippen molar-refractivity contribution in [2.24, 2.45) is 11.7 Å². The number of piperidine rings is 1. The molecule has 1 fully saturated rings. The Morgan fingerprint density at radius 3 is 2.83 bits per heavy atom. The molecule has 70 valence electrons. The smallest absolute Gasteiger partial charge is 0.407 e. The van der Waals surface area contributed by atoms with E-state index in [0.717, 1.165) is 4.90 Å². The molecule has 1 rings (SSSR count). The molecule has 0 spiro atoms. The molecule has 1 amide bonds. The molecule has 0 aromatic rings. The zero-order chi connectivity index (χ0) is 9.14. The van der Waals surface area contributed by atoms with Crippen LogP contribution in [0.15, 0.2) is 0 Å². The fraction of sp³-hybridized carbons (Fsp3) is 0.857. The largest absolute Gasteiger partial charge is 0.465 e. The first kappa shape index (κ1) is 9.25. The number of carbonyl (C=O) groups is 1. The summed E-state index contributed by atoms with van der Waals surface area (Å²) in [5.41, 5.74) is 5.31. The van der Waals surface area contributed by atoms with E-state index in [1.807, 2.05) is 0 Å². The Kier molecular flexibility index (Phi) is 2.86. The highest BCUT2D eigenvalue weighted by atomic mass is 19.1. The number of hydrogen-bond donors (Lipinski definition) is 2. The van der Waals surface area contributed by atoms with Gasteiger partial charge in [-0.15, -0.1) is 0 Å². The van der Waals surface area contributed by atoms with Gasteiger partial charge in [-0.2, -0.15) is 0 Å². The predicted octanol–water partition coefficient (Wildman–Crippen LogP) is 0.283. The van der Waals surface area contributed by atoms with Crippen LogP contribution in [0.25, 0.3) is 0 Å². The summed E-state index contributed by atoms with van der Waals surface area (Å²) < 4.78 is 13.1. The Labute approximate surface area is 70.1 Å². The molecule has 12 heavy (non-hydrogen) atoms. The molecule has 1 aliphatic heterocycles. The lowest BCUT2D eigenvalue weighted by Gasteiger charge is -2.32. The second-order valence-corrected chi connectivity index (χ2v) is 3.03. The molecular weight excluding hydrogens is 163 g/mol. The minimum absolute atomic E-state index is 0.0306. The topological polar surface area (TPSA) is 66.6 Å². The zero-order valence-electron chi connectivity index (χ0n) is 6.74. The van der Waals surface area contributed by atoms with E-state index in [0.29, 0.717) is 19.5 Å². The van der Waals surface area contributed by atoms with E-state index in [1.54, 1.807) is 0 Å². The quantitative estimate of drug-likeness (QED) is 0.603. The molecule has 1 heterocycles. The van der Waals surface area contributed by atoms with Gasteiger partial charge in [0.1, 0.15) is 6.17 Å². The number of hydrogen-bond acceptors (Lipinski definition) is 2. The first-order valence-electron chi connectivity index (χ1n) is 3.97. The van der Waals surface area contributed by atoms with Gasteiger partial charge in [0, 0.05) is 12.5 Å². The highest BCUT2D eigenvalue weighted by Crippen LogP contribution is 2.19. The molecule has 1 aliphatic rings. The Hall–Kier alpha value is -0.840. The molecular formula is C7H13FN2O2. The maximum atomic E-state index is 13.1. The second kappa shape index (κ2) is 3.71. The third kappa shape index (κ3) is 1.85. The number of alkyl halides is 1. The van der Waals surface area contributed by atoms with E-state index in [9.17, 15) is 9.18 Å². The molecule has 0 aromatic heterocycles. The van der Waals surface area contributed by atoms with Gasteiger partial charge in [0.05, 0.1) is 6.54 Å². The van der Waals surface area contributed by atoms with Crippen molar-refractivity contribution in [1.29, 1.82) is 0 Å². The van der Waals surface area contributed by atoms with Gasteiger partial charge in [-0.3, -0.25) is 0 Å². The second-order valence-electron chi connectivity index (χ2n) is 3.03. The fourth-order valence-corrected chi connectivity index (χ4v) is 1.39. The van der Waals surface area contributed by atoms with Gasteiger partial charge in [-0.1, -0.05) is 0 Å². The van der Waals surface area contributed by atoms with Gasteiger partial charge in [0.2, 0.25) is 0 Å². The van der Waals surface area contributed by atoms with Crippen LogP contribution in [0, 0.1) is 5.92 Å². The van der Waals surface area contributed by atoms with Crippen LogP contribution in [0.5, 0.6) is 0 Å². The van der Waals surface area contributed by atoms with E-state index >= 15 is 0 Å². The highest BCUT2D eigenvalue weighted by molar-refractivity contribution is 5.65. The molecule has 0 radical (unpaired) electrons. The van der Waals surface area contributed by atoms with Crippen LogP contribution in [-0.4, -0.2) is 41.9 Å². The van der Waals surface area contributed by atoms with Crippen molar-refractivity contribution in [3.8, 4) is 0 Å². The number of halogens is 1. The van der Waals surface area contributed by atoms with Crippen molar-refractivity contribution in [2.45, 2.75) is 12.6 Å². The van der Waals surface area contributed by atoms with E-state index in [-0.39, 0.29) is 12.5 Å². The van der Waals surface area contributed by atoms with E-state index in [2.05, 4.69) is 0 Å². The Bertz CT molecular complexity index is 177.